The van der Waals surface area contributed by atoms with Gasteiger partial charge in [0.25, 0.3) is 0 Å². The van der Waals surface area contributed by atoms with Gasteiger partial charge < -0.3 is 4.90 Å². The number of hydrogen-bond donors (Lipinski definition) is 1. The molecular weight excluding hydrogens is 252 g/mol. The van der Waals surface area contributed by atoms with Crippen molar-refractivity contribution in [3.8, 4) is 0 Å². The van der Waals surface area contributed by atoms with Crippen molar-refractivity contribution in [2.75, 3.05) is 12.0 Å². The molecule has 2 amide bonds. The lowest BCUT2D eigenvalue weighted by molar-refractivity contribution is 0.137. The van der Waals surface area contributed by atoms with E-state index in [-0.39, 0.29) is 12.1 Å². The number of nitrogens with zero attached hydrogens (tertiary/aromatic N) is 3. The zero-order valence-corrected chi connectivity index (χ0v) is 11.9. The molecule has 1 fully saturated rings. The minimum absolute atomic E-state index is 0.0489. The van der Waals surface area contributed by atoms with Crippen molar-refractivity contribution >= 4 is 17.1 Å². The summed E-state index contributed by atoms with van der Waals surface area (Å²) in [6, 6.07) is 7.99. The Morgan fingerprint density at radius 1 is 1.35 bits per heavy atom. The van der Waals surface area contributed by atoms with E-state index >= 15 is 0 Å². The topological polar surface area (TPSA) is 50.2 Å². The highest BCUT2D eigenvalue weighted by atomic mass is 16.2. The van der Waals surface area contributed by atoms with Crippen LogP contribution < -0.4 is 5.43 Å². The molecule has 0 radical (unpaired) electrons. The van der Waals surface area contributed by atoms with Gasteiger partial charge in [-0.1, -0.05) is 19.1 Å². The number of urea groups is 1. The Balaban J connectivity index is 1.78. The number of carbonyl (C=O) groups is 1. The Labute approximate surface area is 118 Å². The fourth-order valence-electron chi connectivity index (χ4n) is 2.84. The number of para-hydroxylation sites is 2. The van der Waals surface area contributed by atoms with Gasteiger partial charge in [0.15, 0.2) is 0 Å². The van der Waals surface area contributed by atoms with Crippen molar-refractivity contribution in [2.45, 2.75) is 32.7 Å². The van der Waals surface area contributed by atoms with E-state index in [1.807, 2.05) is 29.2 Å². The van der Waals surface area contributed by atoms with Gasteiger partial charge in [0.05, 0.1) is 11.0 Å². The second kappa shape index (κ2) is 5.15. The number of hydrogen-bond acceptors (Lipinski definition) is 2. The van der Waals surface area contributed by atoms with Crippen molar-refractivity contribution in [1.29, 1.82) is 0 Å². The van der Waals surface area contributed by atoms with Crippen LogP contribution in [0, 0.1) is 5.92 Å². The number of benzene rings is 1. The number of piperidine rings is 1. The Hall–Kier alpha value is -2.04. The molecule has 3 rings (SSSR count). The summed E-state index contributed by atoms with van der Waals surface area (Å²) < 4.78 is 1.70. The first-order valence-corrected chi connectivity index (χ1v) is 7.16. The number of aromatic nitrogens is 2. The summed E-state index contributed by atoms with van der Waals surface area (Å²) in [4.78, 5) is 18.6. The Morgan fingerprint density at radius 2 is 2.15 bits per heavy atom. The van der Waals surface area contributed by atoms with Crippen molar-refractivity contribution in [3.63, 3.8) is 0 Å². The smallest absolute Gasteiger partial charge is 0.320 e. The zero-order chi connectivity index (χ0) is 14.1. The molecule has 1 aromatic carbocycles. The van der Waals surface area contributed by atoms with E-state index in [9.17, 15) is 4.79 Å². The average Bonchev–Trinajstić information content (AvgIpc) is 2.85. The summed E-state index contributed by atoms with van der Waals surface area (Å²) in [5.74, 6) is 0.550. The fourth-order valence-corrected chi connectivity index (χ4v) is 2.84. The van der Waals surface area contributed by atoms with Gasteiger partial charge in [-0.25, -0.2) is 19.9 Å². The first kappa shape index (κ1) is 13.0. The molecule has 1 aliphatic heterocycles. The molecule has 20 heavy (non-hydrogen) atoms. The number of amides is 2. The Bertz CT molecular complexity index is 621. The number of imidazole rings is 1. The van der Waals surface area contributed by atoms with Crippen molar-refractivity contribution in [2.24, 2.45) is 5.92 Å². The van der Waals surface area contributed by atoms with Crippen LogP contribution in [-0.4, -0.2) is 33.2 Å². The number of nitrogens with one attached hydrogen (secondary N) is 1. The summed E-state index contributed by atoms with van der Waals surface area (Å²) in [6.07, 6.45) is 3.92. The molecule has 1 aromatic heterocycles. The molecule has 2 heterocycles. The third kappa shape index (κ3) is 2.24. The monoisotopic (exact) mass is 272 g/mol. The first-order chi connectivity index (χ1) is 9.66. The molecule has 0 aliphatic carbocycles. The molecule has 1 saturated heterocycles. The molecule has 5 nitrogen and oxygen atoms in total. The van der Waals surface area contributed by atoms with Gasteiger partial charge in [-0.05, 0) is 37.8 Å². The summed E-state index contributed by atoms with van der Waals surface area (Å²) in [7, 11) is 0. The minimum Gasteiger partial charge on any atom is -0.320 e. The standard InChI is InChI=1S/C15H20N4O/c1-11-6-5-9-18(12(11)2)15(20)17-19-10-16-13-7-3-4-8-14(13)19/h3-4,7-8,10-12H,5-6,9H2,1-2H3,(H,17,20). The maximum atomic E-state index is 12.4. The van der Waals surface area contributed by atoms with Crippen molar-refractivity contribution in [1.82, 2.24) is 14.6 Å². The third-order valence-electron chi connectivity index (χ3n) is 4.30. The number of carbonyl (C=O) groups excluding carboxylic acids is 1. The van der Waals surface area contributed by atoms with Gasteiger partial charge in [-0.15, -0.1) is 0 Å². The van der Waals surface area contributed by atoms with Gasteiger partial charge in [0.1, 0.15) is 6.33 Å². The second-order valence-corrected chi connectivity index (χ2v) is 5.57. The van der Waals surface area contributed by atoms with Gasteiger partial charge in [0, 0.05) is 12.6 Å². The van der Waals surface area contributed by atoms with E-state index in [0.29, 0.717) is 5.92 Å². The maximum absolute atomic E-state index is 12.4. The molecule has 106 valence electrons. The van der Waals surface area contributed by atoms with E-state index in [1.165, 1.54) is 6.42 Å². The molecule has 2 aromatic rings. The van der Waals surface area contributed by atoms with Crippen LogP contribution >= 0.6 is 0 Å². The van der Waals surface area contributed by atoms with E-state index < -0.39 is 0 Å². The van der Waals surface area contributed by atoms with E-state index in [0.717, 1.165) is 24.0 Å². The molecule has 1 aliphatic rings. The number of likely N-dealkylation sites (tertiary alicyclic amines) is 1. The molecule has 2 atom stereocenters. The van der Waals surface area contributed by atoms with Crippen LogP contribution in [0.25, 0.3) is 11.0 Å². The van der Waals surface area contributed by atoms with Gasteiger partial charge in [0.2, 0.25) is 0 Å². The molecule has 1 N–H and O–H groups in total. The van der Waals surface area contributed by atoms with Gasteiger partial charge in [-0.2, -0.15) is 0 Å². The Morgan fingerprint density at radius 3 is 3.00 bits per heavy atom. The van der Waals surface area contributed by atoms with Crippen LogP contribution in [0.5, 0.6) is 0 Å². The summed E-state index contributed by atoms with van der Waals surface area (Å²) >= 11 is 0. The lowest BCUT2D eigenvalue weighted by Crippen LogP contribution is -2.49. The highest BCUT2D eigenvalue weighted by Crippen LogP contribution is 2.23. The fraction of sp³-hybridized carbons (Fsp3) is 0.467. The molecule has 2 unspecified atom stereocenters. The molecule has 0 bridgehead atoms. The maximum Gasteiger partial charge on any atom is 0.336 e. The first-order valence-electron chi connectivity index (χ1n) is 7.16. The van der Waals surface area contributed by atoms with Crippen LogP contribution in [0.1, 0.15) is 26.7 Å². The van der Waals surface area contributed by atoms with Crippen molar-refractivity contribution < 1.29 is 4.79 Å². The SMILES string of the molecule is CC1CCCN(C(=O)Nn2cnc3ccccc32)C1C. The van der Waals surface area contributed by atoms with Gasteiger partial charge in [-0.3, -0.25) is 0 Å². The Kier molecular flexibility index (Phi) is 3.34. The third-order valence-corrected chi connectivity index (χ3v) is 4.30. The summed E-state index contributed by atoms with van der Waals surface area (Å²) in [5, 5.41) is 0. The lowest BCUT2D eigenvalue weighted by atomic mass is 9.92. The highest BCUT2D eigenvalue weighted by Gasteiger charge is 2.28. The second-order valence-electron chi connectivity index (χ2n) is 5.57. The van der Waals surface area contributed by atoms with Crippen LogP contribution in [0.15, 0.2) is 30.6 Å². The van der Waals surface area contributed by atoms with Crippen molar-refractivity contribution in [3.05, 3.63) is 30.6 Å². The number of rotatable bonds is 1. The normalized spacial score (nSPS) is 23.0. The number of fused-ring (bicyclic) bond motifs is 1. The quantitative estimate of drug-likeness (QED) is 0.868. The largest absolute Gasteiger partial charge is 0.336 e. The van der Waals surface area contributed by atoms with Crippen LogP contribution in [0.2, 0.25) is 0 Å². The van der Waals surface area contributed by atoms with E-state index in [1.54, 1.807) is 11.0 Å². The lowest BCUT2D eigenvalue weighted by Gasteiger charge is -2.37. The molecule has 0 spiro atoms. The highest BCUT2D eigenvalue weighted by molar-refractivity contribution is 5.85. The summed E-state index contributed by atoms with van der Waals surface area (Å²) in [6.45, 7) is 5.15. The van der Waals surface area contributed by atoms with E-state index in [4.69, 9.17) is 0 Å². The van der Waals surface area contributed by atoms with Crippen LogP contribution in [0.3, 0.4) is 0 Å². The van der Waals surface area contributed by atoms with Crippen LogP contribution in [0.4, 0.5) is 4.79 Å². The predicted molar refractivity (Wildman–Crippen MR) is 79.1 cm³/mol. The molecular formula is C15H20N4O. The van der Waals surface area contributed by atoms with E-state index in [2.05, 4.69) is 24.3 Å². The minimum atomic E-state index is -0.0489. The van der Waals surface area contributed by atoms with Gasteiger partial charge >= 0.3 is 6.03 Å². The average molecular weight is 272 g/mol. The summed E-state index contributed by atoms with van der Waals surface area (Å²) in [5.41, 5.74) is 4.72. The predicted octanol–water partition coefficient (Wildman–Crippen LogP) is 2.82. The van der Waals surface area contributed by atoms with Crippen LogP contribution in [-0.2, 0) is 0 Å². The molecule has 5 heteroatoms. The molecule has 0 saturated carbocycles. The zero-order valence-electron chi connectivity index (χ0n) is 11.9.